The fourth-order valence-electron chi connectivity index (χ4n) is 2.10. The van der Waals surface area contributed by atoms with Gasteiger partial charge in [0, 0.05) is 17.2 Å². The minimum absolute atomic E-state index is 0.524. The summed E-state index contributed by atoms with van der Waals surface area (Å²) in [5.41, 5.74) is 7.12. The van der Waals surface area contributed by atoms with Crippen molar-refractivity contribution < 1.29 is 0 Å². The summed E-state index contributed by atoms with van der Waals surface area (Å²) < 4.78 is 0.922. The summed E-state index contributed by atoms with van der Waals surface area (Å²) in [6.07, 6.45) is 7.01. The number of nitrogens with zero attached hydrogens (tertiary/aromatic N) is 1. The predicted molar refractivity (Wildman–Crippen MR) is 71.4 cm³/mol. The Morgan fingerprint density at radius 3 is 2.88 bits per heavy atom. The van der Waals surface area contributed by atoms with Crippen LogP contribution in [-0.2, 0) is 0 Å². The number of aromatic nitrogens is 1. The molecule has 1 saturated carbocycles. The third kappa shape index (κ3) is 2.67. The van der Waals surface area contributed by atoms with Crippen LogP contribution >= 0.6 is 15.9 Å². The minimum atomic E-state index is 0.524. The maximum Gasteiger partial charge on any atom is 0.149 e. The molecule has 0 radical (unpaired) electrons. The molecule has 16 heavy (non-hydrogen) atoms. The highest BCUT2D eigenvalue weighted by Crippen LogP contribution is 2.49. The maximum absolute atomic E-state index is 5.89. The molecular weight excluding hydrogens is 266 g/mol. The molecule has 1 aliphatic carbocycles. The van der Waals surface area contributed by atoms with Crippen LogP contribution in [0.5, 0.6) is 0 Å². The van der Waals surface area contributed by atoms with E-state index in [9.17, 15) is 0 Å². The molecule has 0 unspecified atom stereocenters. The number of halogens is 1. The van der Waals surface area contributed by atoms with E-state index >= 15 is 0 Å². The first-order chi connectivity index (χ1) is 7.65. The van der Waals surface area contributed by atoms with E-state index in [0.29, 0.717) is 11.1 Å². The summed E-state index contributed by atoms with van der Waals surface area (Å²) in [5.74, 6) is 0.811. The van der Waals surface area contributed by atoms with E-state index in [0.717, 1.165) is 16.8 Å². The molecule has 3 N–H and O–H groups in total. The second-order valence-corrected chi connectivity index (χ2v) is 5.61. The number of rotatable bonds is 5. The van der Waals surface area contributed by atoms with E-state index in [1.807, 2.05) is 6.07 Å². The van der Waals surface area contributed by atoms with Gasteiger partial charge in [-0.05, 0) is 46.7 Å². The lowest BCUT2D eigenvalue weighted by atomic mass is 10.0. The molecule has 2 rings (SSSR count). The highest BCUT2D eigenvalue weighted by atomic mass is 79.9. The van der Waals surface area contributed by atoms with Crippen molar-refractivity contribution in [2.45, 2.75) is 32.6 Å². The summed E-state index contributed by atoms with van der Waals surface area (Å²) >= 11 is 3.35. The Bertz CT molecular complexity index is 375. The standard InChI is InChI=1S/C12H18BrN3/c1-2-3-12(4-5-12)8-16-11-10(14)6-9(13)7-15-11/h6-7H,2-5,8,14H2,1H3,(H,15,16). The molecule has 0 spiro atoms. The van der Waals surface area contributed by atoms with E-state index in [1.165, 1.54) is 25.7 Å². The van der Waals surface area contributed by atoms with Gasteiger partial charge in [0.1, 0.15) is 5.82 Å². The van der Waals surface area contributed by atoms with Crippen molar-refractivity contribution in [1.29, 1.82) is 0 Å². The first-order valence-electron chi connectivity index (χ1n) is 5.80. The lowest BCUT2D eigenvalue weighted by Crippen LogP contribution is -2.16. The molecule has 0 atom stereocenters. The van der Waals surface area contributed by atoms with Gasteiger partial charge >= 0.3 is 0 Å². The SMILES string of the molecule is CCCC1(CNc2ncc(Br)cc2N)CC1. The van der Waals surface area contributed by atoms with E-state index in [-0.39, 0.29) is 0 Å². The van der Waals surface area contributed by atoms with Crippen molar-refractivity contribution in [2.75, 3.05) is 17.6 Å². The van der Waals surface area contributed by atoms with Crippen molar-refractivity contribution in [1.82, 2.24) is 4.98 Å². The van der Waals surface area contributed by atoms with Crippen LogP contribution in [0.25, 0.3) is 0 Å². The van der Waals surface area contributed by atoms with Crippen LogP contribution in [0.3, 0.4) is 0 Å². The third-order valence-electron chi connectivity index (χ3n) is 3.25. The maximum atomic E-state index is 5.89. The molecule has 1 heterocycles. The molecule has 88 valence electrons. The highest BCUT2D eigenvalue weighted by molar-refractivity contribution is 9.10. The van der Waals surface area contributed by atoms with Gasteiger partial charge in [0.25, 0.3) is 0 Å². The lowest BCUT2D eigenvalue weighted by Gasteiger charge is -2.16. The molecule has 3 nitrogen and oxygen atoms in total. The van der Waals surface area contributed by atoms with Crippen molar-refractivity contribution in [3.63, 3.8) is 0 Å². The number of pyridine rings is 1. The molecule has 0 aromatic carbocycles. The Kier molecular flexibility index (Phi) is 3.38. The van der Waals surface area contributed by atoms with Crippen LogP contribution in [0.2, 0.25) is 0 Å². The summed E-state index contributed by atoms with van der Waals surface area (Å²) in [4.78, 5) is 4.29. The average Bonchev–Trinajstić information content (AvgIpc) is 2.98. The largest absolute Gasteiger partial charge is 0.396 e. The summed E-state index contributed by atoms with van der Waals surface area (Å²) in [6.45, 7) is 3.24. The van der Waals surface area contributed by atoms with E-state index in [1.54, 1.807) is 6.20 Å². The van der Waals surface area contributed by atoms with Crippen molar-refractivity contribution >= 4 is 27.4 Å². The van der Waals surface area contributed by atoms with Crippen LogP contribution in [0.4, 0.5) is 11.5 Å². The number of anilines is 2. The molecule has 0 amide bonds. The number of hydrogen-bond donors (Lipinski definition) is 2. The zero-order valence-corrected chi connectivity index (χ0v) is 11.2. The lowest BCUT2D eigenvalue weighted by molar-refractivity contribution is 0.485. The van der Waals surface area contributed by atoms with Crippen LogP contribution in [0.15, 0.2) is 16.7 Å². The molecule has 0 saturated heterocycles. The highest BCUT2D eigenvalue weighted by Gasteiger charge is 2.41. The number of nitrogens with two attached hydrogens (primary N) is 1. The van der Waals surface area contributed by atoms with E-state index < -0.39 is 0 Å². The van der Waals surface area contributed by atoms with Crippen LogP contribution in [0, 0.1) is 5.41 Å². The average molecular weight is 284 g/mol. The van der Waals surface area contributed by atoms with Crippen molar-refractivity contribution in [3.05, 3.63) is 16.7 Å². The van der Waals surface area contributed by atoms with E-state index in [2.05, 4.69) is 33.2 Å². The molecule has 0 bridgehead atoms. The number of nitrogens with one attached hydrogen (secondary N) is 1. The fraction of sp³-hybridized carbons (Fsp3) is 0.583. The quantitative estimate of drug-likeness (QED) is 0.871. The van der Waals surface area contributed by atoms with Crippen LogP contribution in [0.1, 0.15) is 32.6 Å². The van der Waals surface area contributed by atoms with Gasteiger partial charge in [-0.2, -0.15) is 0 Å². The summed E-state index contributed by atoms with van der Waals surface area (Å²) in [7, 11) is 0. The van der Waals surface area contributed by atoms with Crippen molar-refractivity contribution in [3.8, 4) is 0 Å². The normalized spacial score (nSPS) is 17.1. The summed E-state index contributed by atoms with van der Waals surface area (Å²) in [6, 6.07) is 1.88. The molecular formula is C12H18BrN3. The Morgan fingerprint density at radius 1 is 1.56 bits per heavy atom. The van der Waals surface area contributed by atoms with Gasteiger partial charge in [-0.3, -0.25) is 0 Å². The molecule has 1 aromatic heterocycles. The molecule has 1 aliphatic rings. The Labute approximate surface area is 105 Å². The molecule has 1 aromatic rings. The molecule has 4 heteroatoms. The fourth-order valence-corrected chi connectivity index (χ4v) is 2.45. The first kappa shape index (κ1) is 11.7. The first-order valence-corrected chi connectivity index (χ1v) is 6.59. The van der Waals surface area contributed by atoms with Gasteiger partial charge in [-0.1, -0.05) is 13.3 Å². The van der Waals surface area contributed by atoms with Gasteiger partial charge in [0.2, 0.25) is 0 Å². The van der Waals surface area contributed by atoms with Gasteiger partial charge in [0.05, 0.1) is 5.69 Å². The minimum Gasteiger partial charge on any atom is -0.396 e. The van der Waals surface area contributed by atoms with Gasteiger partial charge in [-0.15, -0.1) is 0 Å². The zero-order chi connectivity index (χ0) is 11.6. The zero-order valence-electron chi connectivity index (χ0n) is 9.59. The van der Waals surface area contributed by atoms with Crippen LogP contribution in [-0.4, -0.2) is 11.5 Å². The second kappa shape index (κ2) is 4.62. The molecule has 0 aliphatic heterocycles. The molecule has 1 fully saturated rings. The van der Waals surface area contributed by atoms with Gasteiger partial charge in [0.15, 0.2) is 0 Å². The summed E-state index contributed by atoms with van der Waals surface area (Å²) in [5, 5.41) is 3.37. The third-order valence-corrected chi connectivity index (χ3v) is 3.69. The second-order valence-electron chi connectivity index (χ2n) is 4.69. The predicted octanol–water partition coefficient (Wildman–Crippen LogP) is 3.42. The van der Waals surface area contributed by atoms with Crippen LogP contribution < -0.4 is 11.1 Å². The number of hydrogen-bond acceptors (Lipinski definition) is 3. The Balaban J connectivity index is 1.94. The smallest absolute Gasteiger partial charge is 0.149 e. The Morgan fingerprint density at radius 2 is 2.31 bits per heavy atom. The Hall–Kier alpha value is -0.770. The van der Waals surface area contributed by atoms with E-state index in [4.69, 9.17) is 5.73 Å². The topological polar surface area (TPSA) is 50.9 Å². The van der Waals surface area contributed by atoms with Gasteiger partial charge in [-0.25, -0.2) is 4.98 Å². The van der Waals surface area contributed by atoms with Gasteiger partial charge < -0.3 is 11.1 Å². The number of nitrogen functional groups attached to an aromatic ring is 1. The van der Waals surface area contributed by atoms with Crippen molar-refractivity contribution in [2.24, 2.45) is 5.41 Å². The monoisotopic (exact) mass is 283 g/mol.